The number of halogens is 2. The van der Waals surface area contributed by atoms with Crippen LogP contribution in [0.15, 0.2) is 12.3 Å². The van der Waals surface area contributed by atoms with E-state index in [0.29, 0.717) is 5.75 Å². The van der Waals surface area contributed by atoms with Crippen molar-refractivity contribution < 1.29 is 13.5 Å². The minimum absolute atomic E-state index is 0.144. The van der Waals surface area contributed by atoms with Crippen LogP contribution in [0, 0.1) is 0 Å². The molecular weight excluding hydrogens is 188 g/mol. The first-order valence-electron chi connectivity index (χ1n) is 4.38. The van der Waals surface area contributed by atoms with E-state index in [0.717, 1.165) is 5.56 Å². The van der Waals surface area contributed by atoms with Crippen molar-refractivity contribution in [2.24, 2.45) is 0 Å². The molecule has 0 unspecified atom stereocenters. The van der Waals surface area contributed by atoms with E-state index in [9.17, 15) is 8.78 Å². The van der Waals surface area contributed by atoms with Gasteiger partial charge in [0.05, 0.1) is 13.3 Å². The van der Waals surface area contributed by atoms with Gasteiger partial charge in [0.15, 0.2) is 0 Å². The minimum Gasteiger partial charge on any atom is -0.495 e. The highest BCUT2D eigenvalue weighted by Crippen LogP contribution is 2.28. The minimum atomic E-state index is -2.53. The van der Waals surface area contributed by atoms with E-state index < -0.39 is 6.43 Å². The van der Waals surface area contributed by atoms with Gasteiger partial charge in [-0.05, 0) is 12.0 Å². The number of alkyl halides is 2. The van der Waals surface area contributed by atoms with Gasteiger partial charge in [-0.1, -0.05) is 13.8 Å². The molecule has 0 bridgehead atoms. The van der Waals surface area contributed by atoms with Crippen molar-refractivity contribution >= 4 is 0 Å². The molecule has 0 aromatic carbocycles. The molecule has 0 fully saturated rings. The van der Waals surface area contributed by atoms with Crippen LogP contribution in [-0.2, 0) is 0 Å². The van der Waals surface area contributed by atoms with E-state index in [1.54, 1.807) is 0 Å². The smallest absolute Gasteiger partial charge is 0.280 e. The molecule has 0 aliphatic heterocycles. The number of hydrogen-bond acceptors (Lipinski definition) is 2. The second-order valence-corrected chi connectivity index (χ2v) is 3.31. The van der Waals surface area contributed by atoms with Gasteiger partial charge in [0.1, 0.15) is 11.4 Å². The molecule has 1 aromatic heterocycles. The fourth-order valence-electron chi connectivity index (χ4n) is 1.22. The second kappa shape index (κ2) is 4.35. The molecule has 0 radical (unpaired) electrons. The Hall–Kier alpha value is -1.19. The van der Waals surface area contributed by atoms with E-state index >= 15 is 0 Å². The maximum Gasteiger partial charge on any atom is 0.280 e. The van der Waals surface area contributed by atoms with E-state index in [-0.39, 0.29) is 11.6 Å². The number of aromatic nitrogens is 1. The van der Waals surface area contributed by atoms with Crippen LogP contribution in [0.2, 0.25) is 0 Å². The molecule has 0 spiro atoms. The lowest BCUT2D eigenvalue weighted by atomic mass is 10.0. The molecule has 0 N–H and O–H groups in total. The first-order chi connectivity index (χ1) is 6.56. The molecule has 1 rings (SSSR count). The van der Waals surface area contributed by atoms with Gasteiger partial charge < -0.3 is 4.74 Å². The number of nitrogens with zero attached hydrogens (tertiary/aromatic N) is 1. The van der Waals surface area contributed by atoms with Crippen molar-refractivity contribution in [3.05, 3.63) is 23.5 Å². The van der Waals surface area contributed by atoms with Crippen molar-refractivity contribution in [1.29, 1.82) is 0 Å². The van der Waals surface area contributed by atoms with Gasteiger partial charge >= 0.3 is 0 Å². The maximum absolute atomic E-state index is 12.3. The highest BCUT2D eigenvalue weighted by Gasteiger charge is 2.14. The number of pyridine rings is 1. The molecule has 0 aliphatic carbocycles. The highest BCUT2D eigenvalue weighted by molar-refractivity contribution is 5.35. The lowest BCUT2D eigenvalue weighted by molar-refractivity contribution is 0.145. The van der Waals surface area contributed by atoms with Gasteiger partial charge in [-0.2, -0.15) is 0 Å². The molecule has 14 heavy (non-hydrogen) atoms. The van der Waals surface area contributed by atoms with Gasteiger partial charge in [-0.3, -0.25) is 4.98 Å². The van der Waals surface area contributed by atoms with Crippen molar-refractivity contribution in [2.45, 2.75) is 26.2 Å². The monoisotopic (exact) mass is 201 g/mol. The molecule has 0 amide bonds. The summed E-state index contributed by atoms with van der Waals surface area (Å²) in [4.78, 5) is 3.62. The molecule has 4 heteroatoms. The van der Waals surface area contributed by atoms with Crippen LogP contribution >= 0.6 is 0 Å². The molecule has 0 aliphatic rings. The first kappa shape index (κ1) is 10.9. The SMILES string of the molecule is COc1cnc(C(F)F)cc1C(C)C. The van der Waals surface area contributed by atoms with Gasteiger partial charge in [-0.25, -0.2) is 8.78 Å². The van der Waals surface area contributed by atoms with Crippen LogP contribution in [-0.4, -0.2) is 12.1 Å². The lowest BCUT2D eigenvalue weighted by Crippen LogP contribution is -1.99. The van der Waals surface area contributed by atoms with Crippen molar-refractivity contribution in [2.75, 3.05) is 7.11 Å². The summed E-state index contributed by atoms with van der Waals surface area (Å²) >= 11 is 0. The highest BCUT2D eigenvalue weighted by atomic mass is 19.3. The van der Waals surface area contributed by atoms with Gasteiger partial charge in [0.2, 0.25) is 0 Å². The second-order valence-electron chi connectivity index (χ2n) is 3.31. The first-order valence-corrected chi connectivity index (χ1v) is 4.38. The number of hydrogen-bond donors (Lipinski definition) is 0. The summed E-state index contributed by atoms with van der Waals surface area (Å²) in [5.41, 5.74) is 0.562. The third kappa shape index (κ3) is 2.19. The third-order valence-electron chi connectivity index (χ3n) is 1.98. The molecular formula is C10H13F2NO. The Balaban J connectivity index is 3.14. The Bertz CT molecular complexity index is 313. The molecule has 0 atom stereocenters. The largest absolute Gasteiger partial charge is 0.495 e. The number of rotatable bonds is 3. The average molecular weight is 201 g/mol. The summed E-state index contributed by atoms with van der Waals surface area (Å²) in [6.45, 7) is 3.85. The Kier molecular flexibility index (Phi) is 3.38. The summed E-state index contributed by atoms with van der Waals surface area (Å²) < 4.78 is 29.7. The fourth-order valence-corrected chi connectivity index (χ4v) is 1.22. The normalized spacial score (nSPS) is 11.1. The summed E-state index contributed by atoms with van der Waals surface area (Å²) in [6.07, 6.45) is -1.19. The van der Waals surface area contributed by atoms with E-state index in [1.807, 2.05) is 13.8 Å². The zero-order chi connectivity index (χ0) is 10.7. The van der Waals surface area contributed by atoms with Crippen LogP contribution in [0.1, 0.15) is 37.4 Å². The lowest BCUT2D eigenvalue weighted by Gasteiger charge is -2.12. The fraction of sp³-hybridized carbons (Fsp3) is 0.500. The molecule has 0 saturated heterocycles. The molecule has 1 aromatic rings. The maximum atomic E-state index is 12.3. The predicted octanol–water partition coefficient (Wildman–Crippen LogP) is 3.15. The standard InChI is InChI=1S/C10H13F2NO/c1-6(2)7-4-8(10(11)12)13-5-9(7)14-3/h4-6,10H,1-3H3. The van der Waals surface area contributed by atoms with Crippen molar-refractivity contribution in [3.63, 3.8) is 0 Å². The average Bonchev–Trinajstić information content (AvgIpc) is 2.16. The quantitative estimate of drug-likeness (QED) is 0.749. The van der Waals surface area contributed by atoms with E-state index in [4.69, 9.17) is 4.74 Å². The van der Waals surface area contributed by atoms with Crippen molar-refractivity contribution in [1.82, 2.24) is 4.98 Å². The molecule has 0 saturated carbocycles. The molecule has 1 heterocycles. The van der Waals surface area contributed by atoms with Crippen molar-refractivity contribution in [3.8, 4) is 5.75 Å². The van der Waals surface area contributed by atoms with E-state index in [2.05, 4.69) is 4.98 Å². The van der Waals surface area contributed by atoms with Crippen LogP contribution in [0.5, 0.6) is 5.75 Å². The zero-order valence-electron chi connectivity index (χ0n) is 8.42. The topological polar surface area (TPSA) is 22.1 Å². The molecule has 2 nitrogen and oxygen atoms in total. The summed E-state index contributed by atoms with van der Waals surface area (Å²) in [5.74, 6) is 0.704. The Labute approximate surface area is 81.9 Å². The summed E-state index contributed by atoms with van der Waals surface area (Å²) in [7, 11) is 1.50. The van der Waals surface area contributed by atoms with Crippen LogP contribution in [0.3, 0.4) is 0 Å². The third-order valence-corrected chi connectivity index (χ3v) is 1.98. The van der Waals surface area contributed by atoms with Gasteiger partial charge in [-0.15, -0.1) is 0 Å². The summed E-state index contributed by atoms with van der Waals surface area (Å²) in [6, 6.07) is 1.40. The molecule has 78 valence electrons. The number of ether oxygens (including phenoxy) is 1. The predicted molar refractivity (Wildman–Crippen MR) is 49.8 cm³/mol. The Morgan fingerprint density at radius 2 is 2.00 bits per heavy atom. The Morgan fingerprint density at radius 1 is 1.36 bits per heavy atom. The van der Waals surface area contributed by atoms with Crippen LogP contribution < -0.4 is 4.74 Å². The zero-order valence-corrected chi connectivity index (χ0v) is 8.42. The summed E-state index contributed by atoms with van der Waals surface area (Å²) in [5, 5.41) is 0. The number of methoxy groups -OCH3 is 1. The van der Waals surface area contributed by atoms with Gasteiger partial charge in [0.25, 0.3) is 6.43 Å². The van der Waals surface area contributed by atoms with Gasteiger partial charge in [0, 0.05) is 5.56 Å². The van der Waals surface area contributed by atoms with Crippen LogP contribution in [0.25, 0.3) is 0 Å². The van der Waals surface area contributed by atoms with Crippen LogP contribution in [0.4, 0.5) is 8.78 Å². The Morgan fingerprint density at radius 3 is 2.43 bits per heavy atom. The van der Waals surface area contributed by atoms with E-state index in [1.165, 1.54) is 19.4 Å².